The van der Waals surface area contributed by atoms with Gasteiger partial charge in [-0.05, 0) is 30.9 Å². The molecule has 1 aliphatic rings. The molecule has 3 N–H and O–H groups in total. The number of nitrogen functional groups attached to an aromatic ring is 1. The summed E-state index contributed by atoms with van der Waals surface area (Å²) in [6.07, 6.45) is 2.00. The average Bonchev–Trinajstić information content (AvgIpc) is 2.82. The van der Waals surface area contributed by atoms with Gasteiger partial charge in [0.25, 0.3) is 5.91 Å². The molecule has 5 heteroatoms. The number of carbonyl (C=O) groups excluding carboxylic acids is 1. The third-order valence-electron chi connectivity index (χ3n) is 3.14. The molecule has 0 saturated carbocycles. The highest BCUT2D eigenvalue weighted by Gasteiger charge is 2.17. The van der Waals surface area contributed by atoms with Gasteiger partial charge in [0.05, 0.1) is 10.6 Å². The van der Waals surface area contributed by atoms with E-state index in [1.165, 1.54) is 0 Å². The molecule has 0 bridgehead atoms. The third-order valence-corrected chi connectivity index (χ3v) is 3.45. The minimum atomic E-state index is -0.211. The molecule has 1 saturated heterocycles. The van der Waals surface area contributed by atoms with Crippen molar-refractivity contribution in [2.75, 3.05) is 25.5 Å². The number of anilines is 1. The van der Waals surface area contributed by atoms with E-state index in [1.807, 2.05) is 0 Å². The first-order valence-electron chi connectivity index (χ1n) is 6.08. The maximum atomic E-state index is 12.0. The fraction of sp³-hybridized carbons (Fsp3) is 0.462. The van der Waals surface area contributed by atoms with Crippen molar-refractivity contribution >= 4 is 23.2 Å². The van der Waals surface area contributed by atoms with Crippen LogP contribution in [0, 0.1) is 5.92 Å². The van der Waals surface area contributed by atoms with E-state index < -0.39 is 0 Å². The lowest BCUT2D eigenvalue weighted by molar-refractivity contribution is 0.0951. The Morgan fingerprint density at radius 1 is 1.56 bits per heavy atom. The molecule has 1 atom stereocenters. The van der Waals surface area contributed by atoms with Crippen molar-refractivity contribution in [1.82, 2.24) is 5.32 Å². The molecule has 0 spiro atoms. The highest BCUT2D eigenvalue weighted by molar-refractivity contribution is 6.34. The predicted molar refractivity (Wildman–Crippen MR) is 71.7 cm³/mol. The predicted octanol–water partition coefficient (Wildman–Crippen LogP) is 2.08. The van der Waals surface area contributed by atoms with Crippen LogP contribution >= 0.6 is 11.6 Å². The van der Waals surface area contributed by atoms with Crippen LogP contribution in [-0.4, -0.2) is 25.7 Å². The van der Waals surface area contributed by atoms with Crippen molar-refractivity contribution in [3.63, 3.8) is 0 Å². The third kappa shape index (κ3) is 3.15. The zero-order chi connectivity index (χ0) is 13.0. The number of nitrogens with one attached hydrogen (secondary N) is 1. The Bertz CT molecular complexity index is 411. The topological polar surface area (TPSA) is 64.4 Å². The second-order valence-corrected chi connectivity index (χ2v) is 4.89. The van der Waals surface area contributed by atoms with E-state index in [0.717, 1.165) is 26.1 Å². The zero-order valence-electron chi connectivity index (χ0n) is 10.1. The van der Waals surface area contributed by atoms with Gasteiger partial charge in [-0.25, -0.2) is 0 Å². The number of hydrogen-bond donors (Lipinski definition) is 2. The van der Waals surface area contributed by atoms with Crippen molar-refractivity contribution < 1.29 is 9.53 Å². The summed E-state index contributed by atoms with van der Waals surface area (Å²) in [5, 5.41) is 3.23. The zero-order valence-corrected chi connectivity index (χ0v) is 10.9. The molecule has 1 amide bonds. The van der Waals surface area contributed by atoms with Crippen LogP contribution in [0.4, 0.5) is 5.69 Å². The Balaban J connectivity index is 1.87. The Morgan fingerprint density at radius 3 is 3.06 bits per heavy atom. The lowest BCUT2D eigenvalue weighted by Crippen LogP contribution is -2.27. The SMILES string of the molecule is Nc1cccc(Cl)c1C(=O)NCCC1CCOC1. The van der Waals surface area contributed by atoms with Gasteiger partial charge in [-0.2, -0.15) is 0 Å². The molecule has 1 aliphatic heterocycles. The molecule has 1 heterocycles. The fourth-order valence-electron chi connectivity index (χ4n) is 2.07. The second-order valence-electron chi connectivity index (χ2n) is 4.48. The summed E-state index contributed by atoms with van der Waals surface area (Å²) in [4.78, 5) is 12.0. The van der Waals surface area contributed by atoms with E-state index in [-0.39, 0.29) is 5.91 Å². The number of halogens is 1. The number of amides is 1. The summed E-state index contributed by atoms with van der Waals surface area (Å²) in [7, 11) is 0. The van der Waals surface area contributed by atoms with Crippen molar-refractivity contribution in [2.45, 2.75) is 12.8 Å². The number of ether oxygens (including phenoxy) is 1. The first-order valence-corrected chi connectivity index (χ1v) is 6.46. The van der Waals surface area contributed by atoms with Crippen LogP contribution in [0.25, 0.3) is 0 Å². The van der Waals surface area contributed by atoms with Gasteiger partial charge in [0.2, 0.25) is 0 Å². The number of hydrogen-bond acceptors (Lipinski definition) is 3. The van der Waals surface area contributed by atoms with E-state index in [2.05, 4.69) is 5.32 Å². The summed E-state index contributed by atoms with van der Waals surface area (Å²) in [5.41, 5.74) is 6.52. The molecule has 0 aliphatic carbocycles. The molecule has 2 rings (SSSR count). The maximum Gasteiger partial charge on any atom is 0.254 e. The van der Waals surface area contributed by atoms with E-state index in [9.17, 15) is 4.79 Å². The van der Waals surface area contributed by atoms with E-state index in [1.54, 1.807) is 18.2 Å². The van der Waals surface area contributed by atoms with Gasteiger partial charge < -0.3 is 15.8 Å². The number of benzene rings is 1. The molecule has 4 nitrogen and oxygen atoms in total. The second kappa shape index (κ2) is 6.07. The van der Waals surface area contributed by atoms with Crippen LogP contribution in [0.5, 0.6) is 0 Å². The van der Waals surface area contributed by atoms with Gasteiger partial charge in [-0.1, -0.05) is 17.7 Å². The highest BCUT2D eigenvalue weighted by atomic mass is 35.5. The molecule has 1 aromatic rings. The van der Waals surface area contributed by atoms with Crippen LogP contribution in [0.15, 0.2) is 18.2 Å². The van der Waals surface area contributed by atoms with Crippen LogP contribution in [-0.2, 0) is 4.74 Å². The van der Waals surface area contributed by atoms with Gasteiger partial charge in [-0.15, -0.1) is 0 Å². The number of rotatable bonds is 4. The van der Waals surface area contributed by atoms with Crippen LogP contribution in [0.1, 0.15) is 23.2 Å². The maximum absolute atomic E-state index is 12.0. The van der Waals surface area contributed by atoms with Crippen LogP contribution < -0.4 is 11.1 Å². The molecule has 98 valence electrons. The first-order chi connectivity index (χ1) is 8.68. The molecule has 1 fully saturated rings. The van der Waals surface area contributed by atoms with E-state index >= 15 is 0 Å². The molecule has 0 aromatic heterocycles. The quantitative estimate of drug-likeness (QED) is 0.822. The molecular formula is C13H17ClN2O2. The standard InChI is InChI=1S/C13H17ClN2O2/c14-10-2-1-3-11(15)12(10)13(17)16-6-4-9-5-7-18-8-9/h1-3,9H,4-8,15H2,(H,16,17). The molecule has 18 heavy (non-hydrogen) atoms. The normalized spacial score (nSPS) is 18.8. The highest BCUT2D eigenvalue weighted by Crippen LogP contribution is 2.22. The van der Waals surface area contributed by atoms with Crippen LogP contribution in [0.3, 0.4) is 0 Å². The Kier molecular flexibility index (Phi) is 4.44. The van der Waals surface area contributed by atoms with E-state index in [4.69, 9.17) is 22.1 Å². The Labute approximate surface area is 111 Å². The number of nitrogens with two attached hydrogens (primary N) is 1. The lowest BCUT2D eigenvalue weighted by atomic mass is 10.1. The Morgan fingerprint density at radius 2 is 2.39 bits per heavy atom. The average molecular weight is 269 g/mol. The molecule has 1 unspecified atom stereocenters. The monoisotopic (exact) mass is 268 g/mol. The molecule has 0 radical (unpaired) electrons. The lowest BCUT2D eigenvalue weighted by Gasteiger charge is -2.11. The summed E-state index contributed by atoms with van der Waals surface area (Å²) < 4.78 is 5.28. The number of carbonyl (C=O) groups is 1. The smallest absolute Gasteiger partial charge is 0.254 e. The summed E-state index contributed by atoms with van der Waals surface area (Å²) in [6, 6.07) is 5.06. The molecular weight excluding hydrogens is 252 g/mol. The van der Waals surface area contributed by atoms with Crippen LogP contribution in [0.2, 0.25) is 5.02 Å². The van der Waals surface area contributed by atoms with Crippen molar-refractivity contribution in [3.8, 4) is 0 Å². The minimum Gasteiger partial charge on any atom is -0.398 e. The van der Waals surface area contributed by atoms with Gasteiger partial charge in [-0.3, -0.25) is 4.79 Å². The largest absolute Gasteiger partial charge is 0.398 e. The van der Waals surface area contributed by atoms with Crippen molar-refractivity contribution in [2.24, 2.45) is 5.92 Å². The summed E-state index contributed by atoms with van der Waals surface area (Å²) in [5.74, 6) is 0.339. The fourth-order valence-corrected chi connectivity index (χ4v) is 2.34. The van der Waals surface area contributed by atoms with Gasteiger partial charge in [0.15, 0.2) is 0 Å². The summed E-state index contributed by atoms with van der Waals surface area (Å²) in [6.45, 7) is 2.25. The molecule has 1 aromatic carbocycles. The van der Waals surface area contributed by atoms with Gasteiger partial charge in [0.1, 0.15) is 0 Å². The van der Waals surface area contributed by atoms with Gasteiger partial charge >= 0.3 is 0 Å². The Hall–Kier alpha value is -1.26. The first kappa shape index (κ1) is 13.2. The van der Waals surface area contributed by atoms with Gasteiger partial charge in [0, 0.05) is 25.4 Å². The van der Waals surface area contributed by atoms with E-state index in [0.29, 0.717) is 28.7 Å². The van der Waals surface area contributed by atoms with Crippen molar-refractivity contribution in [1.29, 1.82) is 0 Å². The summed E-state index contributed by atoms with van der Waals surface area (Å²) >= 11 is 5.97. The minimum absolute atomic E-state index is 0.211. The van der Waals surface area contributed by atoms with Crippen molar-refractivity contribution in [3.05, 3.63) is 28.8 Å².